The van der Waals surface area contributed by atoms with Gasteiger partial charge in [-0.3, -0.25) is 4.79 Å². The fraction of sp³-hybridized carbons (Fsp3) is 0.190. The second-order valence-electron chi connectivity index (χ2n) is 6.38. The predicted octanol–water partition coefficient (Wildman–Crippen LogP) is 4.11. The van der Waals surface area contributed by atoms with E-state index >= 15 is 0 Å². The highest BCUT2D eigenvalue weighted by Gasteiger charge is 2.18. The van der Waals surface area contributed by atoms with Crippen LogP contribution in [0.5, 0.6) is 0 Å². The van der Waals surface area contributed by atoms with Gasteiger partial charge in [-0.1, -0.05) is 48.2 Å². The summed E-state index contributed by atoms with van der Waals surface area (Å²) in [6.07, 6.45) is 1.95. The molecule has 0 aliphatic rings. The first-order valence-corrected chi connectivity index (χ1v) is 10.1. The Hall–Kier alpha value is -3.06. The molecule has 2 aromatic heterocycles. The normalized spacial score (nSPS) is 11.1. The van der Waals surface area contributed by atoms with Crippen LogP contribution in [0.15, 0.2) is 66.0 Å². The van der Waals surface area contributed by atoms with Crippen molar-refractivity contribution in [2.45, 2.75) is 12.1 Å². The van der Waals surface area contributed by atoms with E-state index in [4.69, 9.17) is 0 Å². The zero-order chi connectivity index (χ0) is 19.5. The molecule has 1 amide bonds. The number of H-pyrrole nitrogens is 1. The van der Waals surface area contributed by atoms with E-state index in [0.717, 1.165) is 33.1 Å². The van der Waals surface area contributed by atoms with Gasteiger partial charge in [-0.05, 0) is 25.1 Å². The molecule has 1 N–H and O–H groups in total. The molecule has 0 atom stereocenters. The second-order valence-corrected chi connectivity index (χ2v) is 7.32. The van der Waals surface area contributed by atoms with Crippen LogP contribution in [0.1, 0.15) is 6.92 Å². The Morgan fingerprint density at radius 2 is 1.86 bits per heavy atom. The first kappa shape index (κ1) is 18.3. The van der Waals surface area contributed by atoms with Gasteiger partial charge in [0.1, 0.15) is 0 Å². The number of hydrogen-bond acceptors (Lipinski definition) is 4. The third-order valence-corrected chi connectivity index (χ3v) is 5.68. The van der Waals surface area contributed by atoms with E-state index in [-0.39, 0.29) is 5.91 Å². The van der Waals surface area contributed by atoms with Crippen LogP contribution >= 0.6 is 11.8 Å². The van der Waals surface area contributed by atoms with E-state index < -0.39 is 0 Å². The van der Waals surface area contributed by atoms with Crippen molar-refractivity contribution in [3.05, 3.63) is 60.8 Å². The number of anilines is 1. The molecule has 0 unspecified atom stereocenters. The number of fused-ring (bicyclic) bond motifs is 1. The van der Waals surface area contributed by atoms with Crippen molar-refractivity contribution < 1.29 is 4.79 Å². The van der Waals surface area contributed by atoms with Gasteiger partial charge in [-0.15, -0.1) is 10.2 Å². The Balaban J connectivity index is 1.51. The Bertz CT molecular complexity index is 1100. The summed E-state index contributed by atoms with van der Waals surface area (Å²) in [5, 5.41) is 10.5. The highest BCUT2D eigenvalue weighted by atomic mass is 32.2. The zero-order valence-corrected chi connectivity index (χ0v) is 16.6. The van der Waals surface area contributed by atoms with Crippen molar-refractivity contribution in [2.24, 2.45) is 7.05 Å². The predicted molar refractivity (Wildman–Crippen MR) is 113 cm³/mol. The number of aromatic amines is 1. The molecule has 142 valence electrons. The van der Waals surface area contributed by atoms with Crippen molar-refractivity contribution in [3.63, 3.8) is 0 Å². The molecular formula is C21H21N5OS. The van der Waals surface area contributed by atoms with Crippen LogP contribution in [0.3, 0.4) is 0 Å². The van der Waals surface area contributed by atoms with E-state index in [1.807, 2.05) is 73.3 Å². The van der Waals surface area contributed by atoms with Gasteiger partial charge in [0.2, 0.25) is 5.91 Å². The van der Waals surface area contributed by atoms with Gasteiger partial charge in [0.15, 0.2) is 11.0 Å². The van der Waals surface area contributed by atoms with Crippen LogP contribution in [0, 0.1) is 0 Å². The number of benzene rings is 2. The number of para-hydroxylation sites is 2. The minimum Gasteiger partial charge on any atom is -0.360 e. The summed E-state index contributed by atoms with van der Waals surface area (Å²) in [5.41, 5.74) is 2.97. The molecule has 0 aliphatic carbocycles. The van der Waals surface area contributed by atoms with Gasteiger partial charge in [0.05, 0.1) is 5.75 Å². The van der Waals surface area contributed by atoms with Crippen LogP contribution < -0.4 is 4.90 Å². The largest absolute Gasteiger partial charge is 0.360 e. The first-order chi connectivity index (χ1) is 13.7. The van der Waals surface area contributed by atoms with E-state index in [0.29, 0.717) is 12.3 Å². The van der Waals surface area contributed by atoms with Crippen molar-refractivity contribution in [1.82, 2.24) is 19.7 Å². The number of carbonyl (C=O) groups excluding carboxylic acids is 1. The summed E-state index contributed by atoms with van der Waals surface area (Å²) in [6, 6.07) is 17.8. The van der Waals surface area contributed by atoms with Crippen LogP contribution in [-0.2, 0) is 11.8 Å². The maximum absolute atomic E-state index is 12.7. The van der Waals surface area contributed by atoms with Crippen molar-refractivity contribution >= 4 is 34.3 Å². The average molecular weight is 392 g/mol. The lowest BCUT2D eigenvalue weighted by atomic mass is 10.1. The van der Waals surface area contributed by atoms with E-state index in [9.17, 15) is 4.79 Å². The molecule has 0 saturated heterocycles. The molecular weight excluding hydrogens is 370 g/mol. The SMILES string of the molecule is CCN(C(=O)CSc1nnc(-c2c[nH]c3ccccc23)n1C)c1ccccc1. The van der Waals surface area contributed by atoms with Crippen LogP contribution in [0.4, 0.5) is 5.69 Å². The molecule has 0 aliphatic heterocycles. The van der Waals surface area contributed by atoms with E-state index in [1.54, 1.807) is 4.90 Å². The Morgan fingerprint density at radius 1 is 1.11 bits per heavy atom. The molecule has 2 heterocycles. The van der Waals surface area contributed by atoms with Crippen LogP contribution in [0.25, 0.3) is 22.3 Å². The summed E-state index contributed by atoms with van der Waals surface area (Å²) < 4.78 is 1.94. The minimum absolute atomic E-state index is 0.0512. The Morgan fingerprint density at radius 3 is 2.64 bits per heavy atom. The zero-order valence-electron chi connectivity index (χ0n) is 15.8. The quantitative estimate of drug-likeness (QED) is 0.502. The van der Waals surface area contributed by atoms with E-state index in [1.165, 1.54) is 11.8 Å². The number of rotatable bonds is 6. The third-order valence-electron chi connectivity index (χ3n) is 4.67. The summed E-state index contributed by atoms with van der Waals surface area (Å²) in [4.78, 5) is 17.8. The van der Waals surface area contributed by atoms with Crippen molar-refractivity contribution in [1.29, 1.82) is 0 Å². The lowest BCUT2D eigenvalue weighted by Gasteiger charge is -2.20. The number of carbonyl (C=O) groups is 1. The maximum atomic E-state index is 12.7. The molecule has 4 rings (SSSR count). The number of nitrogens with zero attached hydrogens (tertiary/aromatic N) is 4. The fourth-order valence-electron chi connectivity index (χ4n) is 3.25. The molecule has 0 bridgehead atoms. The molecule has 2 aromatic carbocycles. The van der Waals surface area contributed by atoms with Crippen molar-refractivity contribution in [3.8, 4) is 11.4 Å². The lowest BCUT2D eigenvalue weighted by Crippen LogP contribution is -2.32. The summed E-state index contributed by atoms with van der Waals surface area (Å²) in [7, 11) is 1.93. The second kappa shape index (κ2) is 7.90. The molecule has 6 nitrogen and oxygen atoms in total. The molecule has 4 aromatic rings. The van der Waals surface area contributed by atoms with Gasteiger partial charge in [0, 0.05) is 41.9 Å². The minimum atomic E-state index is 0.0512. The first-order valence-electron chi connectivity index (χ1n) is 9.13. The standard InChI is InChI=1S/C21H21N5OS/c1-3-26(15-9-5-4-6-10-15)19(27)14-28-21-24-23-20(25(21)2)17-13-22-18-12-8-7-11-16(17)18/h4-13,22H,3,14H2,1-2H3. The average Bonchev–Trinajstić information content (AvgIpc) is 3.31. The number of aromatic nitrogens is 4. The fourth-order valence-corrected chi connectivity index (χ4v) is 4.03. The van der Waals surface area contributed by atoms with Gasteiger partial charge in [-0.25, -0.2) is 0 Å². The highest BCUT2D eigenvalue weighted by molar-refractivity contribution is 7.99. The Labute approximate surface area is 167 Å². The number of nitrogens with one attached hydrogen (secondary N) is 1. The topological polar surface area (TPSA) is 66.8 Å². The summed E-state index contributed by atoms with van der Waals surface area (Å²) >= 11 is 1.40. The highest BCUT2D eigenvalue weighted by Crippen LogP contribution is 2.29. The number of amides is 1. The van der Waals surface area contributed by atoms with Gasteiger partial charge < -0.3 is 14.5 Å². The molecule has 0 radical (unpaired) electrons. The Kier molecular flexibility index (Phi) is 5.16. The molecule has 7 heteroatoms. The smallest absolute Gasteiger partial charge is 0.237 e. The number of thioether (sulfide) groups is 1. The van der Waals surface area contributed by atoms with Gasteiger partial charge in [0.25, 0.3) is 0 Å². The monoisotopic (exact) mass is 391 g/mol. The van der Waals surface area contributed by atoms with Crippen molar-refractivity contribution in [2.75, 3.05) is 17.2 Å². The van der Waals surface area contributed by atoms with Gasteiger partial charge in [-0.2, -0.15) is 0 Å². The maximum Gasteiger partial charge on any atom is 0.237 e. The van der Waals surface area contributed by atoms with Crippen LogP contribution in [-0.4, -0.2) is 38.0 Å². The third kappa shape index (κ3) is 3.41. The van der Waals surface area contributed by atoms with Crippen LogP contribution in [0.2, 0.25) is 0 Å². The molecule has 0 spiro atoms. The number of hydrogen-bond donors (Lipinski definition) is 1. The molecule has 0 saturated carbocycles. The lowest BCUT2D eigenvalue weighted by molar-refractivity contribution is -0.116. The van der Waals surface area contributed by atoms with E-state index in [2.05, 4.69) is 21.2 Å². The molecule has 0 fully saturated rings. The molecule has 28 heavy (non-hydrogen) atoms. The summed E-state index contributed by atoms with van der Waals surface area (Å²) in [6.45, 7) is 2.61. The van der Waals surface area contributed by atoms with Gasteiger partial charge >= 0.3 is 0 Å². The summed E-state index contributed by atoms with van der Waals surface area (Å²) in [5.74, 6) is 1.14.